The number of carbonyl (C=O) groups excluding carboxylic acids is 1. The number of nitrogens with one attached hydrogen (secondary N) is 2. The molecular formula is C14H20BrClN2O. The number of hydrogen-bond donors (Lipinski definition) is 2. The van der Waals surface area contributed by atoms with Crippen molar-refractivity contribution in [2.75, 3.05) is 19.6 Å². The Morgan fingerprint density at radius 1 is 1.42 bits per heavy atom. The van der Waals surface area contributed by atoms with Crippen LogP contribution in [0.15, 0.2) is 28.7 Å². The van der Waals surface area contributed by atoms with Crippen molar-refractivity contribution >= 4 is 34.2 Å². The summed E-state index contributed by atoms with van der Waals surface area (Å²) >= 11 is 3.36. The van der Waals surface area contributed by atoms with Crippen molar-refractivity contribution in [3.05, 3.63) is 34.3 Å². The average molecular weight is 348 g/mol. The fourth-order valence-corrected chi connectivity index (χ4v) is 2.53. The molecule has 2 N–H and O–H groups in total. The molecule has 1 aromatic carbocycles. The second-order valence-electron chi connectivity index (χ2n) is 5.28. The molecule has 5 heteroatoms. The van der Waals surface area contributed by atoms with Gasteiger partial charge < -0.3 is 10.6 Å². The van der Waals surface area contributed by atoms with Gasteiger partial charge in [0.05, 0.1) is 0 Å². The van der Waals surface area contributed by atoms with Gasteiger partial charge in [0, 0.05) is 23.1 Å². The van der Waals surface area contributed by atoms with Gasteiger partial charge in [0.15, 0.2) is 0 Å². The van der Waals surface area contributed by atoms with Crippen molar-refractivity contribution in [2.24, 2.45) is 5.41 Å². The molecular weight excluding hydrogens is 328 g/mol. The smallest absolute Gasteiger partial charge is 0.251 e. The average Bonchev–Trinajstić information content (AvgIpc) is 2.38. The molecule has 0 radical (unpaired) electrons. The predicted molar refractivity (Wildman–Crippen MR) is 83.9 cm³/mol. The SMILES string of the molecule is CC1(CNC(=O)c2ccc(Br)cc2)CCCNC1.Cl. The second-order valence-corrected chi connectivity index (χ2v) is 6.20. The molecule has 1 saturated heterocycles. The molecule has 2 rings (SSSR count). The van der Waals surface area contributed by atoms with E-state index in [2.05, 4.69) is 33.5 Å². The molecule has 3 nitrogen and oxygen atoms in total. The third-order valence-electron chi connectivity index (χ3n) is 3.47. The van der Waals surface area contributed by atoms with Gasteiger partial charge in [-0.2, -0.15) is 0 Å². The van der Waals surface area contributed by atoms with Crippen LogP contribution in [0.3, 0.4) is 0 Å². The fourth-order valence-electron chi connectivity index (χ4n) is 2.27. The summed E-state index contributed by atoms with van der Waals surface area (Å²) in [5.74, 6) is 0.00861. The van der Waals surface area contributed by atoms with Crippen LogP contribution in [0, 0.1) is 5.41 Å². The van der Waals surface area contributed by atoms with Crippen molar-refractivity contribution in [3.63, 3.8) is 0 Å². The topological polar surface area (TPSA) is 41.1 Å². The minimum atomic E-state index is 0. The Balaban J connectivity index is 0.00000180. The number of rotatable bonds is 3. The first-order valence-electron chi connectivity index (χ1n) is 6.34. The van der Waals surface area contributed by atoms with Gasteiger partial charge in [-0.05, 0) is 49.1 Å². The maximum atomic E-state index is 12.0. The highest BCUT2D eigenvalue weighted by Crippen LogP contribution is 2.24. The summed E-state index contributed by atoms with van der Waals surface area (Å²) < 4.78 is 0.988. The Hall–Kier alpha value is -0.580. The second kappa shape index (κ2) is 7.27. The van der Waals surface area contributed by atoms with Crippen LogP contribution < -0.4 is 10.6 Å². The van der Waals surface area contributed by atoms with E-state index in [0.717, 1.165) is 24.1 Å². The number of piperidine rings is 1. The van der Waals surface area contributed by atoms with Crippen molar-refractivity contribution in [3.8, 4) is 0 Å². The zero-order valence-electron chi connectivity index (χ0n) is 11.0. The lowest BCUT2D eigenvalue weighted by Gasteiger charge is -2.34. The van der Waals surface area contributed by atoms with Gasteiger partial charge >= 0.3 is 0 Å². The molecule has 1 fully saturated rings. The summed E-state index contributed by atoms with van der Waals surface area (Å²) in [6.07, 6.45) is 2.35. The zero-order chi connectivity index (χ0) is 13.0. The van der Waals surface area contributed by atoms with E-state index in [0.29, 0.717) is 5.56 Å². The number of hydrogen-bond acceptors (Lipinski definition) is 2. The van der Waals surface area contributed by atoms with Crippen LogP contribution in [0.5, 0.6) is 0 Å². The van der Waals surface area contributed by atoms with E-state index >= 15 is 0 Å². The molecule has 1 aliphatic rings. The van der Waals surface area contributed by atoms with E-state index in [1.165, 1.54) is 12.8 Å². The van der Waals surface area contributed by atoms with Gasteiger partial charge in [-0.1, -0.05) is 22.9 Å². The van der Waals surface area contributed by atoms with Gasteiger partial charge in [0.2, 0.25) is 0 Å². The van der Waals surface area contributed by atoms with Gasteiger partial charge in [-0.15, -0.1) is 12.4 Å². The third-order valence-corrected chi connectivity index (χ3v) is 4.00. The fraction of sp³-hybridized carbons (Fsp3) is 0.500. The maximum absolute atomic E-state index is 12.0. The van der Waals surface area contributed by atoms with Crippen LogP contribution in [0.2, 0.25) is 0 Å². The lowest BCUT2D eigenvalue weighted by atomic mass is 9.83. The quantitative estimate of drug-likeness (QED) is 0.882. The van der Waals surface area contributed by atoms with Gasteiger partial charge in [-0.25, -0.2) is 0 Å². The predicted octanol–water partition coefficient (Wildman–Crippen LogP) is 2.99. The van der Waals surface area contributed by atoms with Crippen LogP contribution in [0.4, 0.5) is 0 Å². The largest absolute Gasteiger partial charge is 0.351 e. The van der Waals surface area contributed by atoms with Crippen LogP contribution in [-0.2, 0) is 0 Å². The van der Waals surface area contributed by atoms with Crippen molar-refractivity contribution in [2.45, 2.75) is 19.8 Å². The van der Waals surface area contributed by atoms with Gasteiger partial charge in [0.25, 0.3) is 5.91 Å². The minimum Gasteiger partial charge on any atom is -0.351 e. The van der Waals surface area contributed by atoms with Gasteiger partial charge in [0.1, 0.15) is 0 Å². The standard InChI is InChI=1S/C14H19BrN2O.ClH/c1-14(7-2-8-16-9-14)10-17-13(18)11-3-5-12(15)6-4-11;/h3-6,16H,2,7-10H2,1H3,(H,17,18);1H. The highest BCUT2D eigenvalue weighted by atomic mass is 79.9. The third kappa shape index (κ3) is 4.79. The van der Waals surface area contributed by atoms with E-state index in [9.17, 15) is 4.79 Å². The molecule has 106 valence electrons. The molecule has 1 unspecified atom stereocenters. The van der Waals surface area contributed by atoms with Crippen molar-refractivity contribution in [1.29, 1.82) is 0 Å². The summed E-state index contributed by atoms with van der Waals surface area (Å²) in [5.41, 5.74) is 0.897. The molecule has 1 aromatic rings. The summed E-state index contributed by atoms with van der Waals surface area (Å²) in [5, 5.41) is 6.42. The van der Waals surface area contributed by atoms with Crippen LogP contribution >= 0.6 is 28.3 Å². The molecule has 1 heterocycles. The normalized spacial score (nSPS) is 22.4. The molecule has 0 aliphatic carbocycles. The summed E-state index contributed by atoms with van der Waals surface area (Å²) in [6.45, 7) is 5.03. The van der Waals surface area contributed by atoms with E-state index in [4.69, 9.17) is 0 Å². The molecule has 1 amide bonds. The first kappa shape index (κ1) is 16.5. The van der Waals surface area contributed by atoms with Crippen molar-refractivity contribution < 1.29 is 4.79 Å². The number of benzene rings is 1. The summed E-state index contributed by atoms with van der Waals surface area (Å²) in [6, 6.07) is 7.44. The van der Waals surface area contributed by atoms with Crippen LogP contribution in [0.1, 0.15) is 30.1 Å². The molecule has 1 atom stereocenters. The number of halogens is 2. The Kier molecular flexibility index (Phi) is 6.30. The van der Waals surface area contributed by atoms with Crippen LogP contribution in [-0.4, -0.2) is 25.5 Å². The Labute approximate surface area is 129 Å². The van der Waals surface area contributed by atoms with E-state index in [-0.39, 0.29) is 23.7 Å². The molecule has 0 aromatic heterocycles. The zero-order valence-corrected chi connectivity index (χ0v) is 13.4. The molecule has 0 spiro atoms. The first-order chi connectivity index (χ1) is 8.59. The van der Waals surface area contributed by atoms with Gasteiger partial charge in [-0.3, -0.25) is 4.79 Å². The van der Waals surface area contributed by atoms with Crippen molar-refractivity contribution in [1.82, 2.24) is 10.6 Å². The van der Waals surface area contributed by atoms with E-state index in [1.807, 2.05) is 24.3 Å². The Bertz CT molecular complexity index is 416. The maximum Gasteiger partial charge on any atom is 0.251 e. The monoisotopic (exact) mass is 346 g/mol. The molecule has 0 bridgehead atoms. The number of amides is 1. The minimum absolute atomic E-state index is 0. The van der Waals surface area contributed by atoms with E-state index < -0.39 is 0 Å². The summed E-state index contributed by atoms with van der Waals surface area (Å²) in [4.78, 5) is 12.0. The Morgan fingerprint density at radius 3 is 2.68 bits per heavy atom. The number of carbonyl (C=O) groups is 1. The molecule has 1 aliphatic heterocycles. The molecule has 0 saturated carbocycles. The van der Waals surface area contributed by atoms with Crippen LogP contribution in [0.25, 0.3) is 0 Å². The van der Waals surface area contributed by atoms with E-state index in [1.54, 1.807) is 0 Å². The highest BCUT2D eigenvalue weighted by Gasteiger charge is 2.27. The molecule has 19 heavy (non-hydrogen) atoms. The summed E-state index contributed by atoms with van der Waals surface area (Å²) in [7, 11) is 0. The Morgan fingerprint density at radius 2 is 2.11 bits per heavy atom. The first-order valence-corrected chi connectivity index (χ1v) is 7.13. The highest BCUT2D eigenvalue weighted by molar-refractivity contribution is 9.10. The lowest BCUT2D eigenvalue weighted by molar-refractivity contribution is 0.0924. The lowest BCUT2D eigenvalue weighted by Crippen LogP contribution is -2.45.